The summed E-state index contributed by atoms with van der Waals surface area (Å²) in [6.07, 6.45) is -0.268. The van der Waals surface area contributed by atoms with Crippen molar-refractivity contribution in [2.45, 2.75) is 39.3 Å². The molecule has 1 aliphatic rings. The molecule has 8 heteroatoms. The van der Waals surface area contributed by atoms with Crippen molar-refractivity contribution in [1.29, 1.82) is 0 Å². The fourth-order valence-corrected chi connectivity index (χ4v) is 3.11. The maximum Gasteiger partial charge on any atom is 0.410 e. The normalized spacial score (nSPS) is 17.0. The maximum atomic E-state index is 12.2. The van der Waals surface area contributed by atoms with Crippen LogP contribution >= 0.6 is 11.6 Å². The highest BCUT2D eigenvalue weighted by Crippen LogP contribution is 2.26. The number of ether oxygens (including phenoxy) is 1. The number of aromatic nitrogens is 2. The average Bonchev–Trinajstić information content (AvgIpc) is 3.10. The summed E-state index contributed by atoms with van der Waals surface area (Å²) < 4.78 is 11.3. The number of amides is 1. The number of hydrogen-bond donors (Lipinski definition) is 0. The van der Waals surface area contributed by atoms with E-state index in [-0.39, 0.29) is 12.1 Å². The lowest BCUT2D eigenvalue weighted by atomic mass is 10.2. The number of hydrogen-bond acceptors (Lipinski definition) is 6. The molecule has 1 aromatic heterocycles. The van der Waals surface area contributed by atoms with E-state index >= 15 is 0 Å². The maximum absolute atomic E-state index is 12.2. The highest BCUT2D eigenvalue weighted by molar-refractivity contribution is 6.30. The zero-order valence-electron chi connectivity index (χ0n) is 16.1. The first-order valence-corrected chi connectivity index (χ1v) is 9.42. The molecule has 0 aliphatic carbocycles. The molecule has 27 heavy (non-hydrogen) atoms. The molecular formula is C19H25ClN4O3. The van der Waals surface area contributed by atoms with Gasteiger partial charge < -0.3 is 14.1 Å². The number of carbonyl (C=O) groups excluding carboxylic acids is 1. The van der Waals surface area contributed by atoms with Crippen LogP contribution in [0.25, 0.3) is 11.5 Å². The summed E-state index contributed by atoms with van der Waals surface area (Å²) >= 11 is 6.02. The van der Waals surface area contributed by atoms with E-state index in [4.69, 9.17) is 20.8 Å². The standard InChI is InChI=1S/C19H25ClN4O3/c1-13(16-21-22-17(26-16)14-6-5-7-15(20)12-14)23-8-10-24(11-9-23)18(25)27-19(2,3)4/h5-7,12-13H,8-11H2,1-4H3. The summed E-state index contributed by atoms with van der Waals surface area (Å²) in [5.74, 6) is 1.00. The minimum absolute atomic E-state index is 0.0359. The Bertz CT molecular complexity index is 794. The highest BCUT2D eigenvalue weighted by atomic mass is 35.5. The third-order valence-electron chi connectivity index (χ3n) is 4.38. The van der Waals surface area contributed by atoms with Crippen LogP contribution in [0.15, 0.2) is 28.7 Å². The van der Waals surface area contributed by atoms with Crippen molar-refractivity contribution < 1.29 is 13.9 Å². The number of nitrogens with zero attached hydrogens (tertiary/aromatic N) is 4. The lowest BCUT2D eigenvalue weighted by molar-refractivity contribution is 0.00987. The number of carbonyl (C=O) groups is 1. The topological polar surface area (TPSA) is 71.7 Å². The molecule has 1 aliphatic heterocycles. The van der Waals surface area contributed by atoms with Crippen molar-refractivity contribution in [3.8, 4) is 11.5 Å². The van der Waals surface area contributed by atoms with Crippen LogP contribution in [-0.4, -0.2) is 57.9 Å². The number of rotatable bonds is 3. The second kappa shape index (κ2) is 7.86. The monoisotopic (exact) mass is 392 g/mol. The molecule has 1 atom stereocenters. The van der Waals surface area contributed by atoms with Crippen molar-refractivity contribution in [3.63, 3.8) is 0 Å². The van der Waals surface area contributed by atoms with Gasteiger partial charge in [0.2, 0.25) is 11.8 Å². The van der Waals surface area contributed by atoms with Crippen molar-refractivity contribution in [1.82, 2.24) is 20.0 Å². The molecule has 1 fully saturated rings. The lowest BCUT2D eigenvalue weighted by Gasteiger charge is -2.37. The molecule has 1 saturated heterocycles. The van der Waals surface area contributed by atoms with Gasteiger partial charge in [0.25, 0.3) is 0 Å². The predicted octanol–water partition coefficient (Wildman–Crippen LogP) is 4.00. The Labute approximate surface area is 164 Å². The minimum atomic E-state index is -0.484. The van der Waals surface area contributed by atoms with Crippen LogP contribution in [0.1, 0.15) is 39.6 Å². The zero-order valence-corrected chi connectivity index (χ0v) is 16.9. The SMILES string of the molecule is CC(c1nnc(-c2cccc(Cl)c2)o1)N1CCN(C(=O)OC(C)(C)C)CC1. The van der Waals surface area contributed by atoms with E-state index in [2.05, 4.69) is 15.1 Å². The first-order valence-electron chi connectivity index (χ1n) is 9.04. The van der Waals surface area contributed by atoms with E-state index in [1.165, 1.54) is 0 Å². The molecule has 1 unspecified atom stereocenters. The molecule has 2 heterocycles. The second-order valence-corrected chi connectivity index (χ2v) is 8.07. The summed E-state index contributed by atoms with van der Waals surface area (Å²) in [7, 11) is 0. The van der Waals surface area contributed by atoms with Gasteiger partial charge >= 0.3 is 6.09 Å². The van der Waals surface area contributed by atoms with Crippen molar-refractivity contribution in [2.24, 2.45) is 0 Å². The Kier molecular flexibility index (Phi) is 5.72. The Morgan fingerprint density at radius 2 is 1.93 bits per heavy atom. The minimum Gasteiger partial charge on any atom is -0.444 e. The summed E-state index contributed by atoms with van der Waals surface area (Å²) in [6.45, 7) is 10.3. The Morgan fingerprint density at radius 1 is 1.22 bits per heavy atom. The van der Waals surface area contributed by atoms with Gasteiger partial charge in [0.1, 0.15) is 5.60 Å². The van der Waals surface area contributed by atoms with Crippen molar-refractivity contribution >= 4 is 17.7 Å². The summed E-state index contributed by atoms with van der Waals surface area (Å²) in [6, 6.07) is 7.29. The smallest absolute Gasteiger partial charge is 0.410 e. The van der Waals surface area contributed by atoms with Crippen LogP contribution in [-0.2, 0) is 4.74 Å². The number of piperazine rings is 1. The Balaban J connectivity index is 1.60. The quantitative estimate of drug-likeness (QED) is 0.786. The molecule has 0 radical (unpaired) electrons. The fourth-order valence-electron chi connectivity index (χ4n) is 2.92. The van der Waals surface area contributed by atoms with Crippen LogP contribution < -0.4 is 0 Å². The molecule has 0 spiro atoms. The largest absolute Gasteiger partial charge is 0.444 e. The van der Waals surface area contributed by atoms with E-state index in [1.54, 1.807) is 17.0 Å². The lowest BCUT2D eigenvalue weighted by Crippen LogP contribution is -2.50. The average molecular weight is 393 g/mol. The van der Waals surface area contributed by atoms with Crippen LogP contribution in [0.5, 0.6) is 0 Å². The molecule has 2 aromatic rings. The van der Waals surface area contributed by atoms with Gasteiger partial charge in [-0.2, -0.15) is 0 Å². The van der Waals surface area contributed by atoms with Gasteiger partial charge in [0.15, 0.2) is 0 Å². The van der Waals surface area contributed by atoms with Gasteiger partial charge in [-0.25, -0.2) is 4.79 Å². The van der Waals surface area contributed by atoms with Crippen molar-refractivity contribution in [2.75, 3.05) is 26.2 Å². The van der Waals surface area contributed by atoms with E-state index in [9.17, 15) is 4.79 Å². The Hall–Kier alpha value is -2.12. The number of halogens is 1. The molecule has 146 valence electrons. The first kappa shape index (κ1) is 19.6. The second-order valence-electron chi connectivity index (χ2n) is 7.64. The number of benzene rings is 1. The van der Waals surface area contributed by atoms with Crippen LogP contribution in [0, 0.1) is 0 Å². The van der Waals surface area contributed by atoms with Crippen LogP contribution in [0.2, 0.25) is 5.02 Å². The molecule has 0 bridgehead atoms. The van der Waals surface area contributed by atoms with Crippen molar-refractivity contribution in [3.05, 3.63) is 35.2 Å². The molecule has 1 aromatic carbocycles. The summed E-state index contributed by atoms with van der Waals surface area (Å²) in [4.78, 5) is 16.1. The highest BCUT2D eigenvalue weighted by Gasteiger charge is 2.29. The summed E-state index contributed by atoms with van der Waals surface area (Å²) in [5, 5.41) is 8.96. The van der Waals surface area contributed by atoms with Crippen LogP contribution in [0.4, 0.5) is 4.79 Å². The van der Waals surface area contributed by atoms with E-state index in [0.717, 1.165) is 18.7 Å². The fraction of sp³-hybridized carbons (Fsp3) is 0.526. The molecule has 3 rings (SSSR count). The van der Waals surface area contributed by atoms with Gasteiger partial charge in [-0.05, 0) is 45.9 Å². The summed E-state index contributed by atoms with van der Waals surface area (Å²) in [5.41, 5.74) is 0.311. The third kappa shape index (κ3) is 4.99. The van der Waals surface area contributed by atoms with E-state index in [1.807, 2.05) is 39.8 Å². The van der Waals surface area contributed by atoms with Crippen LogP contribution in [0.3, 0.4) is 0 Å². The molecule has 0 N–H and O–H groups in total. The van der Waals surface area contributed by atoms with Gasteiger partial charge in [-0.15, -0.1) is 10.2 Å². The van der Waals surface area contributed by atoms with E-state index < -0.39 is 5.60 Å². The molecule has 1 amide bonds. The first-order chi connectivity index (χ1) is 12.7. The predicted molar refractivity (Wildman–Crippen MR) is 103 cm³/mol. The Morgan fingerprint density at radius 3 is 2.56 bits per heavy atom. The third-order valence-corrected chi connectivity index (χ3v) is 4.62. The zero-order chi connectivity index (χ0) is 19.6. The molecule has 0 saturated carbocycles. The van der Waals surface area contributed by atoms with Gasteiger partial charge in [0.05, 0.1) is 6.04 Å². The van der Waals surface area contributed by atoms with Gasteiger partial charge in [-0.3, -0.25) is 4.90 Å². The molecule has 7 nitrogen and oxygen atoms in total. The van der Waals surface area contributed by atoms with Gasteiger partial charge in [0, 0.05) is 36.8 Å². The van der Waals surface area contributed by atoms with Gasteiger partial charge in [-0.1, -0.05) is 17.7 Å². The molecular weight excluding hydrogens is 368 g/mol. The van der Waals surface area contributed by atoms with E-state index in [0.29, 0.717) is 29.9 Å².